The summed E-state index contributed by atoms with van der Waals surface area (Å²) >= 11 is 1.78. The quantitative estimate of drug-likeness (QED) is 0.845. The molecule has 134 valence electrons. The summed E-state index contributed by atoms with van der Waals surface area (Å²) in [5.74, 6) is 1.87. The maximum absolute atomic E-state index is 13.0. The number of fused-ring (bicyclic) bond motifs is 1. The fourth-order valence-corrected chi connectivity index (χ4v) is 5.09. The summed E-state index contributed by atoms with van der Waals surface area (Å²) in [4.78, 5) is 18.7. The normalized spacial score (nSPS) is 21.4. The van der Waals surface area contributed by atoms with Crippen molar-refractivity contribution in [3.63, 3.8) is 0 Å². The number of hydrogen-bond donors (Lipinski definition) is 0. The first kappa shape index (κ1) is 16.8. The van der Waals surface area contributed by atoms with Gasteiger partial charge in [-0.15, -0.1) is 11.3 Å². The highest BCUT2D eigenvalue weighted by Crippen LogP contribution is 2.33. The third-order valence-corrected chi connectivity index (χ3v) is 6.40. The highest BCUT2D eigenvalue weighted by molar-refractivity contribution is 7.10. The van der Waals surface area contributed by atoms with E-state index in [1.165, 1.54) is 16.9 Å². The van der Waals surface area contributed by atoms with Gasteiger partial charge in [0, 0.05) is 42.5 Å². The second-order valence-electron chi connectivity index (χ2n) is 7.40. The second kappa shape index (κ2) is 6.92. The Balaban J connectivity index is 1.37. The molecule has 4 rings (SSSR count). The lowest BCUT2D eigenvalue weighted by molar-refractivity contribution is 0.0616. The number of aryl methyl sites for hydroxylation is 1. The van der Waals surface area contributed by atoms with Gasteiger partial charge in [-0.3, -0.25) is 9.69 Å². The van der Waals surface area contributed by atoms with E-state index < -0.39 is 0 Å². The fraction of sp³-hybridized carbons (Fsp3) is 0.579. The molecule has 0 bridgehead atoms. The van der Waals surface area contributed by atoms with Gasteiger partial charge in [0.2, 0.25) is 0 Å². The summed E-state index contributed by atoms with van der Waals surface area (Å²) in [7, 11) is 0. The first-order chi connectivity index (χ1) is 12.1. The molecule has 3 heterocycles. The molecular formula is C19H25N3O2S. The minimum Gasteiger partial charge on any atom is -0.360 e. The van der Waals surface area contributed by atoms with Crippen LogP contribution in [0.1, 0.15) is 45.6 Å². The molecule has 6 heteroatoms. The van der Waals surface area contributed by atoms with Crippen molar-refractivity contribution in [2.45, 2.75) is 39.7 Å². The number of nitrogens with zero attached hydrogens (tertiary/aromatic N) is 3. The Morgan fingerprint density at radius 2 is 2.16 bits per heavy atom. The molecule has 1 saturated heterocycles. The van der Waals surface area contributed by atoms with E-state index >= 15 is 0 Å². The Kier molecular flexibility index (Phi) is 4.65. The molecule has 2 aromatic rings. The van der Waals surface area contributed by atoms with Crippen molar-refractivity contribution in [2.75, 3.05) is 26.2 Å². The van der Waals surface area contributed by atoms with Crippen LogP contribution in [-0.2, 0) is 19.4 Å². The van der Waals surface area contributed by atoms with Crippen molar-refractivity contribution < 1.29 is 9.32 Å². The maximum atomic E-state index is 13.0. The summed E-state index contributed by atoms with van der Waals surface area (Å²) in [5.41, 5.74) is 3.21. The van der Waals surface area contributed by atoms with Crippen molar-refractivity contribution in [3.8, 4) is 0 Å². The molecule has 0 radical (unpaired) electrons. The number of aromatic nitrogens is 1. The van der Waals surface area contributed by atoms with Gasteiger partial charge in [0.05, 0.1) is 17.8 Å². The molecule has 1 aliphatic heterocycles. The SMILES string of the molecule is Cc1cc(CN2CCN(C(=O)c3csc4c3CCC(C)C4)CC2)on1. The van der Waals surface area contributed by atoms with Gasteiger partial charge >= 0.3 is 0 Å². The molecule has 1 unspecified atom stereocenters. The Morgan fingerprint density at radius 3 is 2.88 bits per heavy atom. The van der Waals surface area contributed by atoms with Crippen LogP contribution in [-0.4, -0.2) is 47.0 Å². The van der Waals surface area contributed by atoms with Crippen molar-refractivity contribution in [1.29, 1.82) is 0 Å². The summed E-state index contributed by atoms with van der Waals surface area (Å²) in [6.07, 6.45) is 3.40. The molecule has 2 aromatic heterocycles. The van der Waals surface area contributed by atoms with E-state index in [1.54, 1.807) is 11.3 Å². The van der Waals surface area contributed by atoms with Gasteiger partial charge in [-0.2, -0.15) is 0 Å². The van der Waals surface area contributed by atoms with E-state index in [1.807, 2.05) is 17.9 Å². The predicted molar refractivity (Wildman–Crippen MR) is 97.9 cm³/mol. The second-order valence-corrected chi connectivity index (χ2v) is 8.37. The highest BCUT2D eigenvalue weighted by atomic mass is 32.1. The molecule has 0 N–H and O–H groups in total. The molecule has 25 heavy (non-hydrogen) atoms. The zero-order chi connectivity index (χ0) is 17.4. The number of amides is 1. The van der Waals surface area contributed by atoms with Crippen LogP contribution in [0.2, 0.25) is 0 Å². The number of piperazine rings is 1. The van der Waals surface area contributed by atoms with Crippen LogP contribution < -0.4 is 0 Å². The third kappa shape index (κ3) is 3.51. The Hall–Kier alpha value is -1.66. The van der Waals surface area contributed by atoms with E-state index in [-0.39, 0.29) is 5.91 Å². The largest absolute Gasteiger partial charge is 0.360 e. The minimum absolute atomic E-state index is 0.224. The van der Waals surface area contributed by atoms with Crippen molar-refractivity contribution in [3.05, 3.63) is 38.9 Å². The van der Waals surface area contributed by atoms with Crippen LogP contribution in [0.3, 0.4) is 0 Å². The molecule has 1 fully saturated rings. The van der Waals surface area contributed by atoms with Crippen molar-refractivity contribution >= 4 is 17.2 Å². The number of carbonyl (C=O) groups excluding carboxylic acids is 1. The Labute approximate surface area is 152 Å². The summed E-state index contributed by atoms with van der Waals surface area (Å²) in [6.45, 7) is 8.35. The van der Waals surface area contributed by atoms with Crippen molar-refractivity contribution in [2.24, 2.45) is 5.92 Å². The lowest BCUT2D eigenvalue weighted by Crippen LogP contribution is -2.48. The lowest BCUT2D eigenvalue weighted by Gasteiger charge is -2.34. The van der Waals surface area contributed by atoms with Crippen LogP contribution in [0.5, 0.6) is 0 Å². The molecule has 0 saturated carbocycles. The van der Waals surface area contributed by atoms with E-state index in [0.717, 1.165) is 68.5 Å². The van der Waals surface area contributed by atoms with Crippen LogP contribution in [0.15, 0.2) is 16.0 Å². The fourth-order valence-electron chi connectivity index (χ4n) is 3.85. The summed E-state index contributed by atoms with van der Waals surface area (Å²) in [5, 5.41) is 6.03. The van der Waals surface area contributed by atoms with Crippen LogP contribution in [0, 0.1) is 12.8 Å². The lowest BCUT2D eigenvalue weighted by atomic mass is 9.88. The monoisotopic (exact) mass is 359 g/mol. The van der Waals surface area contributed by atoms with Gasteiger partial charge in [0.1, 0.15) is 0 Å². The van der Waals surface area contributed by atoms with Gasteiger partial charge in [-0.1, -0.05) is 12.1 Å². The summed E-state index contributed by atoms with van der Waals surface area (Å²) < 4.78 is 5.30. The van der Waals surface area contributed by atoms with E-state index in [4.69, 9.17) is 4.52 Å². The average molecular weight is 359 g/mol. The average Bonchev–Trinajstić information content (AvgIpc) is 3.20. The molecule has 0 spiro atoms. The van der Waals surface area contributed by atoms with Crippen molar-refractivity contribution in [1.82, 2.24) is 15.0 Å². The smallest absolute Gasteiger partial charge is 0.255 e. The number of thiophene rings is 1. The Morgan fingerprint density at radius 1 is 1.36 bits per heavy atom. The number of rotatable bonds is 3. The van der Waals surface area contributed by atoms with Gasteiger partial charge in [-0.25, -0.2) is 0 Å². The molecule has 0 aromatic carbocycles. The predicted octanol–water partition coefficient (Wildman–Crippen LogP) is 3.13. The third-order valence-electron chi connectivity index (χ3n) is 5.35. The zero-order valence-corrected chi connectivity index (χ0v) is 15.8. The first-order valence-electron chi connectivity index (χ1n) is 9.13. The molecular weight excluding hydrogens is 334 g/mol. The van der Waals surface area contributed by atoms with E-state index in [0.29, 0.717) is 0 Å². The van der Waals surface area contributed by atoms with Crippen LogP contribution >= 0.6 is 11.3 Å². The molecule has 1 aliphatic carbocycles. The highest BCUT2D eigenvalue weighted by Gasteiger charge is 2.28. The standard InChI is InChI=1S/C19H25N3O2S/c1-13-3-4-16-17(12-25-18(16)9-13)19(23)22-7-5-21(6-8-22)11-15-10-14(2)20-24-15/h10,12-13H,3-9,11H2,1-2H3. The van der Waals surface area contributed by atoms with Gasteiger partial charge in [0.15, 0.2) is 5.76 Å². The molecule has 1 atom stereocenters. The number of hydrogen-bond acceptors (Lipinski definition) is 5. The van der Waals surface area contributed by atoms with Gasteiger partial charge in [-0.05, 0) is 37.7 Å². The summed E-state index contributed by atoms with van der Waals surface area (Å²) in [6, 6.07) is 1.98. The van der Waals surface area contributed by atoms with Gasteiger partial charge < -0.3 is 9.42 Å². The minimum atomic E-state index is 0.224. The first-order valence-corrected chi connectivity index (χ1v) is 10.0. The number of carbonyl (C=O) groups is 1. The van der Waals surface area contributed by atoms with Gasteiger partial charge in [0.25, 0.3) is 5.91 Å². The Bertz CT molecular complexity index is 759. The molecule has 2 aliphatic rings. The maximum Gasteiger partial charge on any atom is 0.255 e. The molecule has 1 amide bonds. The topological polar surface area (TPSA) is 49.6 Å². The van der Waals surface area contributed by atoms with Crippen LogP contribution in [0.25, 0.3) is 0 Å². The molecule has 5 nitrogen and oxygen atoms in total. The van der Waals surface area contributed by atoms with E-state index in [9.17, 15) is 4.79 Å². The zero-order valence-electron chi connectivity index (χ0n) is 15.0. The van der Waals surface area contributed by atoms with Crippen LogP contribution in [0.4, 0.5) is 0 Å². The van der Waals surface area contributed by atoms with E-state index in [2.05, 4.69) is 22.4 Å².